The van der Waals surface area contributed by atoms with Crippen LogP contribution in [0, 0.1) is 5.41 Å². The SMILES string of the molecule is NC(=O)[C@]1(CCCc2ccccn2)CCCN(Cc2ccccn2)C1. The van der Waals surface area contributed by atoms with Crippen LogP contribution < -0.4 is 5.73 Å². The van der Waals surface area contributed by atoms with E-state index >= 15 is 0 Å². The van der Waals surface area contributed by atoms with Crippen molar-refractivity contribution >= 4 is 5.91 Å². The van der Waals surface area contributed by atoms with E-state index in [1.54, 1.807) is 0 Å². The summed E-state index contributed by atoms with van der Waals surface area (Å²) in [6, 6.07) is 11.9. The second-order valence-electron chi connectivity index (χ2n) is 6.95. The third-order valence-electron chi connectivity index (χ3n) is 5.10. The first-order chi connectivity index (χ1) is 12.2. The molecular weight excluding hydrogens is 312 g/mol. The Hall–Kier alpha value is -2.27. The van der Waals surface area contributed by atoms with Crippen molar-refractivity contribution < 1.29 is 4.79 Å². The van der Waals surface area contributed by atoms with Crippen LogP contribution in [-0.4, -0.2) is 33.9 Å². The summed E-state index contributed by atoms with van der Waals surface area (Å²) in [5, 5.41) is 0. The summed E-state index contributed by atoms with van der Waals surface area (Å²) in [5.41, 5.74) is 7.52. The minimum atomic E-state index is -0.429. The first-order valence-corrected chi connectivity index (χ1v) is 9.00. The van der Waals surface area contributed by atoms with Crippen LogP contribution in [0.2, 0.25) is 0 Å². The van der Waals surface area contributed by atoms with E-state index in [9.17, 15) is 4.79 Å². The lowest BCUT2D eigenvalue weighted by atomic mass is 9.75. The fraction of sp³-hybridized carbons (Fsp3) is 0.450. The van der Waals surface area contributed by atoms with Gasteiger partial charge in [0.05, 0.1) is 11.1 Å². The maximum absolute atomic E-state index is 12.3. The lowest BCUT2D eigenvalue weighted by Gasteiger charge is -2.40. The molecule has 3 rings (SSSR count). The number of aryl methyl sites for hydroxylation is 1. The largest absolute Gasteiger partial charge is 0.369 e. The molecule has 1 aliphatic heterocycles. The van der Waals surface area contributed by atoms with Gasteiger partial charge in [-0.25, -0.2) is 0 Å². The number of hydrogen-bond donors (Lipinski definition) is 1. The molecular formula is C20H26N4O. The van der Waals surface area contributed by atoms with Gasteiger partial charge < -0.3 is 5.73 Å². The Morgan fingerprint density at radius 1 is 1.12 bits per heavy atom. The van der Waals surface area contributed by atoms with Crippen molar-refractivity contribution in [3.05, 3.63) is 60.2 Å². The van der Waals surface area contributed by atoms with Gasteiger partial charge in [0.25, 0.3) is 0 Å². The van der Waals surface area contributed by atoms with Gasteiger partial charge in [-0.3, -0.25) is 19.7 Å². The molecule has 0 aromatic carbocycles. The molecule has 0 saturated carbocycles. The van der Waals surface area contributed by atoms with E-state index in [1.165, 1.54) is 0 Å². The Kier molecular flexibility index (Phi) is 5.76. The predicted octanol–water partition coefficient (Wildman–Crippen LogP) is 2.57. The number of amides is 1. The third-order valence-corrected chi connectivity index (χ3v) is 5.10. The van der Waals surface area contributed by atoms with E-state index < -0.39 is 5.41 Å². The molecule has 2 N–H and O–H groups in total. The molecule has 5 nitrogen and oxygen atoms in total. The summed E-state index contributed by atoms with van der Waals surface area (Å²) in [7, 11) is 0. The van der Waals surface area contributed by atoms with Gasteiger partial charge in [0.2, 0.25) is 5.91 Å². The summed E-state index contributed by atoms with van der Waals surface area (Å²) in [4.78, 5) is 23.4. The van der Waals surface area contributed by atoms with Crippen LogP contribution in [0.4, 0.5) is 0 Å². The van der Waals surface area contributed by atoms with Crippen LogP contribution in [0.5, 0.6) is 0 Å². The monoisotopic (exact) mass is 338 g/mol. The van der Waals surface area contributed by atoms with Crippen molar-refractivity contribution in [1.29, 1.82) is 0 Å². The molecule has 1 fully saturated rings. The van der Waals surface area contributed by atoms with Crippen LogP contribution in [0.1, 0.15) is 37.1 Å². The molecule has 2 aromatic rings. The van der Waals surface area contributed by atoms with E-state index in [0.717, 1.165) is 63.1 Å². The highest BCUT2D eigenvalue weighted by Crippen LogP contribution is 2.35. The lowest BCUT2D eigenvalue weighted by molar-refractivity contribution is -0.131. The highest BCUT2D eigenvalue weighted by molar-refractivity contribution is 5.81. The van der Waals surface area contributed by atoms with Crippen LogP contribution in [0.3, 0.4) is 0 Å². The molecule has 0 bridgehead atoms. The summed E-state index contributed by atoms with van der Waals surface area (Å²) < 4.78 is 0. The van der Waals surface area contributed by atoms with E-state index in [0.29, 0.717) is 0 Å². The van der Waals surface area contributed by atoms with Crippen molar-refractivity contribution in [2.24, 2.45) is 11.1 Å². The highest BCUT2D eigenvalue weighted by atomic mass is 16.1. The lowest BCUT2D eigenvalue weighted by Crippen LogP contribution is -2.50. The quantitative estimate of drug-likeness (QED) is 0.842. The fourth-order valence-electron chi connectivity index (χ4n) is 3.77. The zero-order valence-electron chi connectivity index (χ0n) is 14.6. The number of primary amides is 1. The Labute approximate surface area is 149 Å². The minimum Gasteiger partial charge on any atom is -0.369 e. The number of likely N-dealkylation sites (tertiary alicyclic amines) is 1. The molecule has 0 radical (unpaired) electrons. The molecule has 0 aliphatic carbocycles. The third kappa shape index (κ3) is 4.63. The average Bonchev–Trinajstić information content (AvgIpc) is 2.64. The number of aromatic nitrogens is 2. The van der Waals surface area contributed by atoms with Crippen LogP contribution in [-0.2, 0) is 17.8 Å². The zero-order valence-corrected chi connectivity index (χ0v) is 14.6. The van der Waals surface area contributed by atoms with Gasteiger partial charge in [-0.2, -0.15) is 0 Å². The van der Waals surface area contributed by atoms with Crippen molar-refractivity contribution in [1.82, 2.24) is 14.9 Å². The Balaban J connectivity index is 1.61. The maximum atomic E-state index is 12.3. The van der Waals surface area contributed by atoms with Gasteiger partial charge in [-0.15, -0.1) is 0 Å². The van der Waals surface area contributed by atoms with Crippen molar-refractivity contribution in [3.63, 3.8) is 0 Å². The molecule has 0 spiro atoms. The van der Waals surface area contributed by atoms with Gasteiger partial charge in [0.15, 0.2) is 0 Å². The number of nitrogens with two attached hydrogens (primary N) is 1. The molecule has 1 saturated heterocycles. The van der Waals surface area contributed by atoms with Crippen LogP contribution >= 0.6 is 0 Å². The molecule has 1 amide bonds. The van der Waals surface area contributed by atoms with Gasteiger partial charge >= 0.3 is 0 Å². The molecule has 25 heavy (non-hydrogen) atoms. The van der Waals surface area contributed by atoms with Crippen molar-refractivity contribution in [2.75, 3.05) is 13.1 Å². The summed E-state index contributed by atoms with van der Waals surface area (Å²) >= 11 is 0. The maximum Gasteiger partial charge on any atom is 0.224 e. The number of carbonyl (C=O) groups excluding carboxylic acids is 1. The smallest absolute Gasteiger partial charge is 0.224 e. The summed E-state index contributed by atoms with van der Waals surface area (Å²) in [6.07, 6.45) is 8.13. The van der Waals surface area contributed by atoms with E-state index in [4.69, 9.17) is 5.73 Å². The second kappa shape index (κ2) is 8.21. The Bertz CT molecular complexity index is 677. The van der Waals surface area contributed by atoms with E-state index in [2.05, 4.69) is 14.9 Å². The molecule has 132 valence electrons. The van der Waals surface area contributed by atoms with Gasteiger partial charge in [-0.1, -0.05) is 12.1 Å². The summed E-state index contributed by atoms with van der Waals surface area (Å²) in [5.74, 6) is -0.167. The Morgan fingerprint density at radius 3 is 2.48 bits per heavy atom. The standard InChI is InChI=1S/C20H26N4O/c21-19(25)20(10-5-9-17-7-1-3-12-22-17)11-6-14-24(16-20)15-18-8-2-4-13-23-18/h1-4,7-8,12-13H,5-6,9-11,14-16H2,(H2,21,25)/t20-/m1/s1. The van der Waals surface area contributed by atoms with Crippen molar-refractivity contribution in [3.8, 4) is 0 Å². The minimum absolute atomic E-state index is 0.167. The van der Waals surface area contributed by atoms with Crippen LogP contribution in [0.15, 0.2) is 48.8 Å². The highest BCUT2D eigenvalue weighted by Gasteiger charge is 2.40. The molecule has 1 atom stereocenters. The fourth-order valence-corrected chi connectivity index (χ4v) is 3.77. The number of hydrogen-bond acceptors (Lipinski definition) is 4. The first kappa shape index (κ1) is 17.5. The summed E-state index contributed by atoms with van der Waals surface area (Å²) in [6.45, 7) is 2.49. The number of rotatable bonds is 7. The molecule has 3 heterocycles. The van der Waals surface area contributed by atoms with Crippen LogP contribution in [0.25, 0.3) is 0 Å². The number of pyridine rings is 2. The molecule has 1 aliphatic rings. The second-order valence-corrected chi connectivity index (χ2v) is 6.95. The molecule has 5 heteroatoms. The van der Waals surface area contributed by atoms with Gasteiger partial charge in [0.1, 0.15) is 0 Å². The Morgan fingerprint density at radius 2 is 1.84 bits per heavy atom. The van der Waals surface area contributed by atoms with Gasteiger partial charge in [-0.05, 0) is 62.9 Å². The van der Waals surface area contributed by atoms with E-state index in [1.807, 2.05) is 48.8 Å². The van der Waals surface area contributed by atoms with Gasteiger partial charge in [0, 0.05) is 31.2 Å². The number of piperidine rings is 1. The normalized spacial score (nSPS) is 21.1. The topological polar surface area (TPSA) is 72.1 Å². The van der Waals surface area contributed by atoms with Crippen molar-refractivity contribution in [2.45, 2.75) is 38.6 Å². The number of nitrogens with zero attached hydrogens (tertiary/aromatic N) is 3. The first-order valence-electron chi connectivity index (χ1n) is 9.00. The molecule has 0 unspecified atom stereocenters. The predicted molar refractivity (Wildman–Crippen MR) is 97.6 cm³/mol. The molecule has 2 aromatic heterocycles. The number of carbonyl (C=O) groups is 1. The zero-order chi connectivity index (χ0) is 17.5. The van der Waals surface area contributed by atoms with E-state index in [-0.39, 0.29) is 5.91 Å². The average molecular weight is 338 g/mol.